The highest BCUT2D eigenvalue weighted by Crippen LogP contribution is 2.09. The van der Waals surface area contributed by atoms with Gasteiger partial charge in [0, 0.05) is 6.20 Å². The van der Waals surface area contributed by atoms with Crippen LogP contribution in [0.4, 0.5) is 0 Å². The van der Waals surface area contributed by atoms with Gasteiger partial charge in [0.2, 0.25) is 0 Å². The van der Waals surface area contributed by atoms with Gasteiger partial charge >= 0.3 is 5.97 Å². The summed E-state index contributed by atoms with van der Waals surface area (Å²) in [6.45, 7) is 4.43. The Bertz CT molecular complexity index is 326. The van der Waals surface area contributed by atoms with Crippen molar-refractivity contribution in [3.05, 3.63) is 28.5 Å². The van der Waals surface area contributed by atoms with Crippen LogP contribution in [0.25, 0.3) is 0 Å². The van der Waals surface area contributed by atoms with Gasteiger partial charge in [0.25, 0.3) is 0 Å². The lowest BCUT2D eigenvalue weighted by molar-refractivity contribution is 0.0458. The van der Waals surface area contributed by atoms with Crippen molar-refractivity contribution in [2.24, 2.45) is 5.92 Å². The van der Waals surface area contributed by atoms with E-state index >= 15 is 0 Å². The van der Waals surface area contributed by atoms with E-state index in [1.54, 1.807) is 18.3 Å². The quantitative estimate of drug-likeness (QED) is 0.618. The van der Waals surface area contributed by atoms with Crippen LogP contribution in [0.2, 0.25) is 0 Å². The SMILES string of the molecule is CC(C)COC(=O)c1ccnc(Br)c1. The van der Waals surface area contributed by atoms with Gasteiger partial charge in [-0.25, -0.2) is 9.78 Å². The maximum atomic E-state index is 11.4. The molecule has 0 saturated carbocycles. The Morgan fingerprint density at radius 1 is 1.64 bits per heavy atom. The summed E-state index contributed by atoms with van der Waals surface area (Å²) < 4.78 is 5.69. The van der Waals surface area contributed by atoms with Crippen molar-refractivity contribution in [3.8, 4) is 0 Å². The number of carbonyl (C=O) groups excluding carboxylic acids is 1. The standard InChI is InChI=1S/C10H12BrNO2/c1-7(2)6-14-10(13)8-3-4-12-9(11)5-8/h3-5,7H,6H2,1-2H3. The first-order valence-corrected chi connectivity index (χ1v) is 5.17. The van der Waals surface area contributed by atoms with E-state index in [0.29, 0.717) is 22.7 Å². The molecular weight excluding hydrogens is 246 g/mol. The molecule has 1 aromatic rings. The topological polar surface area (TPSA) is 39.2 Å². The molecule has 14 heavy (non-hydrogen) atoms. The summed E-state index contributed by atoms with van der Waals surface area (Å²) >= 11 is 3.19. The number of ether oxygens (including phenoxy) is 1. The number of esters is 1. The molecule has 0 bridgehead atoms. The third-order valence-electron chi connectivity index (χ3n) is 1.51. The summed E-state index contributed by atoms with van der Waals surface area (Å²) in [4.78, 5) is 15.4. The van der Waals surface area contributed by atoms with Crippen molar-refractivity contribution in [1.82, 2.24) is 4.98 Å². The van der Waals surface area contributed by atoms with Gasteiger partial charge < -0.3 is 4.74 Å². The highest BCUT2D eigenvalue weighted by molar-refractivity contribution is 9.10. The van der Waals surface area contributed by atoms with Crippen LogP contribution >= 0.6 is 15.9 Å². The van der Waals surface area contributed by atoms with Crippen molar-refractivity contribution in [3.63, 3.8) is 0 Å². The number of halogens is 1. The number of hydrogen-bond donors (Lipinski definition) is 0. The number of pyridine rings is 1. The van der Waals surface area contributed by atoms with E-state index in [-0.39, 0.29) is 5.97 Å². The third-order valence-corrected chi connectivity index (χ3v) is 1.94. The zero-order chi connectivity index (χ0) is 10.6. The van der Waals surface area contributed by atoms with Gasteiger partial charge in [-0.2, -0.15) is 0 Å². The molecule has 0 aliphatic heterocycles. The summed E-state index contributed by atoms with van der Waals surface area (Å²) in [7, 11) is 0. The van der Waals surface area contributed by atoms with Crippen molar-refractivity contribution in [2.75, 3.05) is 6.61 Å². The Labute approximate surface area is 91.6 Å². The lowest BCUT2D eigenvalue weighted by atomic mass is 10.2. The number of aromatic nitrogens is 1. The molecule has 1 rings (SSSR count). The van der Waals surface area contributed by atoms with Gasteiger partial charge in [0.15, 0.2) is 0 Å². The van der Waals surface area contributed by atoms with Gasteiger partial charge in [-0.1, -0.05) is 13.8 Å². The molecule has 0 amide bonds. The predicted molar refractivity (Wildman–Crippen MR) is 57.1 cm³/mol. The summed E-state index contributed by atoms with van der Waals surface area (Å²) in [5.41, 5.74) is 0.521. The van der Waals surface area contributed by atoms with Crippen LogP contribution in [0.3, 0.4) is 0 Å². The van der Waals surface area contributed by atoms with E-state index in [0.717, 1.165) is 0 Å². The van der Waals surface area contributed by atoms with Gasteiger partial charge in [-0.3, -0.25) is 0 Å². The Hall–Kier alpha value is -0.900. The Kier molecular flexibility index (Phi) is 4.07. The van der Waals surface area contributed by atoms with Gasteiger partial charge in [0.05, 0.1) is 12.2 Å². The van der Waals surface area contributed by atoms with E-state index in [2.05, 4.69) is 20.9 Å². The first-order valence-electron chi connectivity index (χ1n) is 4.38. The summed E-state index contributed by atoms with van der Waals surface area (Å²) in [5, 5.41) is 0. The van der Waals surface area contributed by atoms with E-state index in [1.165, 1.54) is 0 Å². The molecule has 0 aromatic carbocycles. The fourth-order valence-electron chi connectivity index (χ4n) is 0.855. The molecule has 1 heterocycles. The lowest BCUT2D eigenvalue weighted by Crippen LogP contribution is -2.10. The molecule has 0 spiro atoms. The van der Waals surface area contributed by atoms with Crippen LogP contribution in [0.15, 0.2) is 22.9 Å². The minimum Gasteiger partial charge on any atom is -0.462 e. The molecule has 0 N–H and O–H groups in total. The highest BCUT2D eigenvalue weighted by atomic mass is 79.9. The largest absolute Gasteiger partial charge is 0.462 e. The summed E-state index contributed by atoms with van der Waals surface area (Å²) in [6.07, 6.45) is 1.57. The molecule has 3 nitrogen and oxygen atoms in total. The van der Waals surface area contributed by atoms with E-state index < -0.39 is 0 Å². The van der Waals surface area contributed by atoms with E-state index in [1.807, 2.05) is 13.8 Å². The second-order valence-electron chi connectivity index (χ2n) is 3.36. The zero-order valence-electron chi connectivity index (χ0n) is 8.16. The molecular formula is C10H12BrNO2. The molecule has 1 aromatic heterocycles. The Morgan fingerprint density at radius 2 is 2.36 bits per heavy atom. The summed E-state index contributed by atoms with van der Waals surface area (Å²) in [6, 6.07) is 3.27. The minimum atomic E-state index is -0.304. The zero-order valence-corrected chi connectivity index (χ0v) is 9.74. The Balaban J connectivity index is 2.61. The van der Waals surface area contributed by atoms with Crippen LogP contribution in [0.1, 0.15) is 24.2 Å². The molecule has 0 fully saturated rings. The molecule has 0 aliphatic carbocycles. The third kappa shape index (κ3) is 3.46. The highest BCUT2D eigenvalue weighted by Gasteiger charge is 2.08. The van der Waals surface area contributed by atoms with Gasteiger partial charge in [0.1, 0.15) is 4.60 Å². The summed E-state index contributed by atoms with van der Waals surface area (Å²) in [5.74, 6) is 0.0472. The first kappa shape index (κ1) is 11.2. The molecule has 4 heteroatoms. The Morgan fingerprint density at radius 3 is 2.93 bits per heavy atom. The van der Waals surface area contributed by atoms with Crippen molar-refractivity contribution < 1.29 is 9.53 Å². The second-order valence-corrected chi connectivity index (χ2v) is 4.17. The van der Waals surface area contributed by atoms with Crippen LogP contribution in [0, 0.1) is 5.92 Å². The van der Waals surface area contributed by atoms with Gasteiger partial charge in [-0.05, 0) is 34.0 Å². The van der Waals surface area contributed by atoms with Gasteiger partial charge in [-0.15, -0.1) is 0 Å². The van der Waals surface area contributed by atoms with Crippen LogP contribution < -0.4 is 0 Å². The number of hydrogen-bond acceptors (Lipinski definition) is 3. The van der Waals surface area contributed by atoms with E-state index in [4.69, 9.17) is 4.74 Å². The number of carbonyl (C=O) groups is 1. The van der Waals surface area contributed by atoms with Crippen molar-refractivity contribution in [1.29, 1.82) is 0 Å². The van der Waals surface area contributed by atoms with Crippen LogP contribution in [0.5, 0.6) is 0 Å². The second kappa shape index (κ2) is 5.10. The molecule has 0 saturated heterocycles. The molecule has 76 valence electrons. The molecule has 0 unspecified atom stereocenters. The predicted octanol–water partition coefficient (Wildman–Crippen LogP) is 2.66. The lowest BCUT2D eigenvalue weighted by Gasteiger charge is -2.06. The van der Waals surface area contributed by atoms with Crippen LogP contribution in [-0.4, -0.2) is 17.6 Å². The monoisotopic (exact) mass is 257 g/mol. The average molecular weight is 258 g/mol. The average Bonchev–Trinajstić information content (AvgIpc) is 2.14. The molecule has 0 aliphatic rings. The fourth-order valence-corrected chi connectivity index (χ4v) is 1.22. The maximum Gasteiger partial charge on any atom is 0.338 e. The normalized spacial score (nSPS) is 10.3. The number of rotatable bonds is 3. The maximum absolute atomic E-state index is 11.4. The molecule has 0 atom stereocenters. The van der Waals surface area contributed by atoms with Crippen molar-refractivity contribution >= 4 is 21.9 Å². The fraction of sp³-hybridized carbons (Fsp3) is 0.400. The first-order chi connectivity index (χ1) is 6.59. The number of nitrogens with zero attached hydrogens (tertiary/aromatic N) is 1. The molecule has 0 radical (unpaired) electrons. The smallest absolute Gasteiger partial charge is 0.338 e. The van der Waals surface area contributed by atoms with Crippen LogP contribution in [-0.2, 0) is 4.74 Å². The minimum absolute atomic E-state index is 0.304. The van der Waals surface area contributed by atoms with E-state index in [9.17, 15) is 4.79 Å². The van der Waals surface area contributed by atoms with Crippen molar-refractivity contribution in [2.45, 2.75) is 13.8 Å².